The van der Waals surface area contributed by atoms with Crippen LogP contribution in [0.15, 0.2) is 0 Å². The first-order chi connectivity index (χ1) is 14.3. The third-order valence-electron chi connectivity index (χ3n) is 5.37. The van der Waals surface area contributed by atoms with Gasteiger partial charge in [0.1, 0.15) is 23.7 Å². The number of hydrogen-bond donors (Lipinski definition) is 0. The number of ketones is 2. The highest BCUT2D eigenvalue weighted by atomic mass is 16.5. The smallest absolute Gasteiger partial charge is 0.316 e. The second-order valence-corrected chi connectivity index (χ2v) is 6.88. The molecule has 2 fully saturated rings. The van der Waals surface area contributed by atoms with Crippen LogP contribution >= 0.6 is 0 Å². The molecule has 2 saturated carbocycles. The third-order valence-corrected chi connectivity index (χ3v) is 5.37. The van der Waals surface area contributed by atoms with E-state index in [9.17, 15) is 28.8 Å². The zero-order chi connectivity index (χ0) is 22.6. The van der Waals surface area contributed by atoms with Crippen LogP contribution in [0, 0.1) is 35.5 Å². The van der Waals surface area contributed by atoms with Gasteiger partial charge in [-0.2, -0.15) is 0 Å². The van der Waals surface area contributed by atoms with Gasteiger partial charge in [-0.05, 0) is 27.7 Å². The van der Waals surface area contributed by atoms with Crippen molar-refractivity contribution in [3.05, 3.63) is 0 Å². The minimum absolute atomic E-state index is 0.0522. The maximum atomic E-state index is 13.1. The van der Waals surface area contributed by atoms with Crippen LogP contribution in [0.4, 0.5) is 0 Å². The number of ether oxygens (including phenoxy) is 4. The molecule has 2 aliphatic rings. The van der Waals surface area contributed by atoms with Gasteiger partial charge < -0.3 is 18.9 Å². The van der Waals surface area contributed by atoms with E-state index >= 15 is 0 Å². The van der Waals surface area contributed by atoms with Crippen molar-refractivity contribution in [3.63, 3.8) is 0 Å². The van der Waals surface area contributed by atoms with Crippen LogP contribution < -0.4 is 0 Å². The van der Waals surface area contributed by atoms with Gasteiger partial charge >= 0.3 is 23.9 Å². The maximum Gasteiger partial charge on any atom is 0.316 e. The summed E-state index contributed by atoms with van der Waals surface area (Å²) in [4.78, 5) is 76.5. The molecule has 0 amide bonds. The van der Waals surface area contributed by atoms with Crippen LogP contribution in [0.2, 0.25) is 0 Å². The second kappa shape index (κ2) is 9.82. The normalized spacial score (nSPS) is 29.9. The van der Waals surface area contributed by atoms with Crippen molar-refractivity contribution >= 4 is 35.4 Å². The molecule has 0 aliphatic heterocycles. The molecule has 0 saturated heterocycles. The van der Waals surface area contributed by atoms with Gasteiger partial charge in [0, 0.05) is 11.8 Å². The summed E-state index contributed by atoms with van der Waals surface area (Å²) in [7, 11) is 0. The Balaban J connectivity index is 2.63. The number of rotatable bonds is 8. The number of hydrogen-bond acceptors (Lipinski definition) is 10. The van der Waals surface area contributed by atoms with Gasteiger partial charge in [0.15, 0.2) is 11.6 Å². The molecule has 166 valence electrons. The van der Waals surface area contributed by atoms with Crippen molar-refractivity contribution in [1.82, 2.24) is 0 Å². The van der Waals surface area contributed by atoms with E-state index in [0.29, 0.717) is 0 Å². The zero-order valence-electron chi connectivity index (χ0n) is 17.4. The van der Waals surface area contributed by atoms with Gasteiger partial charge in [0.05, 0.1) is 26.4 Å². The van der Waals surface area contributed by atoms with E-state index in [1.54, 1.807) is 0 Å². The quantitative estimate of drug-likeness (QED) is 0.298. The van der Waals surface area contributed by atoms with E-state index in [1.807, 2.05) is 0 Å². The van der Waals surface area contributed by atoms with Crippen LogP contribution in [-0.4, -0.2) is 61.9 Å². The van der Waals surface area contributed by atoms with Gasteiger partial charge in [-0.25, -0.2) is 0 Å². The first kappa shape index (κ1) is 23.5. The van der Waals surface area contributed by atoms with Gasteiger partial charge in [-0.15, -0.1) is 0 Å². The van der Waals surface area contributed by atoms with E-state index in [4.69, 9.17) is 18.9 Å². The molecule has 10 nitrogen and oxygen atoms in total. The fourth-order valence-corrected chi connectivity index (χ4v) is 4.44. The fourth-order valence-electron chi connectivity index (χ4n) is 4.44. The Bertz CT molecular complexity index is 624. The second-order valence-electron chi connectivity index (χ2n) is 6.88. The molecular weight excluding hydrogens is 400 g/mol. The van der Waals surface area contributed by atoms with Crippen molar-refractivity contribution in [2.75, 3.05) is 26.4 Å². The summed E-state index contributed by atoms with van der Waals surface area (Å²) in [5, 5.41) is 0. The zero-order valence-corrected chi connectivity index (χ0v) is 17.4. The number of esters is 4. The molecule has 0 heterocycles. The standard InChI is InChI=1S/C20H26O10/c1-5-27-17(23)11-9-10(13(15(11)21)19(25)29-7-3)14(20(26)30-8-4)16(22)12(9)18(24)28-6-2/h9-14H,5-8H2,1-4H3/t9?,10?,11-,12-,13-,14+/m1/s1. The summed E-state index contributed by atoms with van der Waals surface area (Å²) in [6.07, 6.45) is 0. The lowest BCUT2D eigenvalue weighted by Crippen LogP contribution is -2.39. The van der Waals surface area contributed by atoms with Crippen LogP contribution in [0.5, 0.6) is 0 Å². The lowest BCUT2D eigenvalue weighted by molar-refractivity contribution is -0.158. The third kappa shape index (κ3) is 3.95. The Morgan fingerprint density at radius 1 is 0.533 bits per heavy atom. The molecule has 0 spiro atoms. The molecule has 0 aromatic carbocycles. The summed E-state index contributed by atoms with van der Waals surface area (Å²) in [6, 6.07) is 0. The summed E-state index contributed by atoms with van der Waals surface area (Å²) >= 11 is 0. The van der Waals surface area contributed by atoms with Crippen molar-refractivity contribution in [2.45, 2.75) is 27.7 Å². The molecule has 0 aromatic rings. The molecule has 2 rings (SSSR count). The van der Waals surface area contributed by atoms with E-state index in [1.165, 1.54) is 27.7 Å². The predicted octanol–water partition coefficient (Wildman–Crippen LogP) is 0.101. The van der Waals surface area contributed by atoms with Crippen LogP contribution in [0.1, 0.15) is 27.7 Å². The van der Waals surface area contributed by atoms with Gasteiger partial charge in [-0.3, -0.25) is 28.8 Å². The predicted molar refractivity (Wildman–Crippen MR) is 97.5 cm³/mol. The van der Waals surface area contributed by atoms with Gasteiger partial charge in [-0.1, -0.05) is 0 Å². The topological polar surface area (TPSA) is 139 Å². The molecule has 0 bridgehead atoms. The number of Topliss-reactive ketones (excluding diaryl/α,β-unsaturated/α-hetero) is 2. The first-order valence-electron chi connectivity index (χ1n) is 10.0. The number of carbonyl (C=O) groups excluding carboxylic acids is 6. The summed E-state index contributed by atoms with van der Waals surface area (Å²) in [5.74, 6) is -14.3. The Labute approximate surface area is 173 Å². The van der Waals surface area contributed by atoms with E-state index < -0.39 is 71.0 Å². The van der Waals surface area contributed by atoms with Crippen LogP contribution in [0.3, 0.4) is 0 Å². The molecule has 10 heteroatoms. The molecule has 0 aromatic heterocycles. The highest BCUT2D eigenvalue weighted by Gasteiger charge is 2.71. The van der Waals surface area contributed by atoms with Gasteiger partial charge in [0.2, 0.25) is 0 Å². The fraction of sp³-hybridized carbons (Fsp3) is 0.700. The Morgan fingerprint density at radius 3 is 0.900 bits per heavy atom. The number of fused-ring (bicyclic) bond motifs is 1. The molecule has 0 radical (unpaired) electrons. The number of carbonyl (C=O) groups is 6. The Morgan fingerprint density at radius 2 is 0.733 bits per heavy atom. The average molecular weight is 426 g/mol. The highest BCUT2D eigenvalue weighted by molar-refractivity contribution is 6.18. The van der Waals surface area contributed by atoms with Crippen molar-refractivity contribution in [3.8, 4) is 0 Å². The maximum absolute atomic E-state index is 13.1. The van der Waals surface area contributed by atoms with Crippen LogP contribution in [0.25, 0.3) is 0 Å². The van der Waals surface area contributed by atoms with Crippen molar-refractivity contribution in [2.24, 2.45) is 35.5 Å². The SMILES string of the molecule is CCOC(=O)[C@@H]1C(=O)[C@H](C(=O)OCC)C2C1[C@@H](C(=O)OCC)C(=O)[C@@H]2C(=O)OCC. The molecule has 6 atom stereocenters. The van der Waals surface area contributed by atoms with Crippen LogP contribution in [-0.2, 0) is 47.7 Å². The molecule has 0 N–H and O–H groups in total. The largest absolute Gasteiger partial charge is 0.465 e. The monoisotopic (exact) mass is 426 g/mol. The first-order valence-corrected chi connectivity index (χ1v) is 10.0. The summed E-state index contributed by atoms with van der Waals surface area (Å²) < 4.78 is 19.9. The summed E-state index contributed by atoms with van der Waals surface area (Å²) in [6.45, 7) is 5.91. The Kier molecular flexibility index (Phi) is 7.69. The summed E-state index contributed by atoms with van der Waals surface area (Å²) in [5.41, 5.74) is 0. The van der Waals surface area contributed by atoms with Crippen molar-refractivity contribution in [1.29, 1.82) is 0 Å². The lowest BCUT2D eigenvalue weighted by Gasteiger charge is -2.21. The highest BCUT2D eigenvalue weighted by Crippen LogP contribution is 2.54. The molecule has 2 unspecified atom stereocenters. The Hall–Kier alpha value is -2.78. The van der Waals surface area contributed by atoms with E-state index in [0.717, 1.165) is 0 Å². The van der Waals surface area contributed by atoms with E-state index in [-0.39, 0.29) is 26.4 Å². The minimum atomic E-state index is -1.57. The van der Waals surface area contributed by atoms with E-state index in [2.05, 4.69) is 0 Å². The van der Waals surface area contributed by atoms with Crippen molar-refractivity contribution < 1.29 is 47.7 Å². The molecule has 2 aliphatic carbocycles. The average Bonchev–Trinajstić information content (AvgIpc) is 3.11. The molecular formula is C20H26O10. The molecule has 30 heavy (non-hydrogen) atoms. The van der Waals surface area contributed by atoms with Gasteiger partial charge in [0.25, 0.3) is 0 Å². The minimum Gasteiger partial charge on any atom is -0.465 e. The lowest BCUT2D eigenvalue weighted by atomic mass is 9.82.